The molecule has 19 heavy (non-hydrogen) atoms. The predicted octanol–water partition coefficient (Wildman–Crippen LogP) is 1.21. The molecular weight excluding hydrogens is 264 g/mol. The summed E-state index contributed by atoms with van der Waals surface area (Å²) in [6.07, 6.45) is 0. The molecule has 1 aliphatic rings. The number of rotatable bonds is 2. The highest BCUT2D eigenvalue weighted by Gasteiger charge is 2.41. The van der Waals surface area contributed by atoms with Gasteiger partial charge in [-0.15, -0.1) is 0 Å². The van der Waals surface area contributed by atoms with Gasteiger partial charge in [-0.2, -0.15) is 0 Å². The molecule has 0 atom stereocenters. The van der Waals surface area contributed by atoms with E-state index in [1.54, 1.807) is 33.1 Å². The molecule has 0 spiro atoms. The number of benzene rings is 1. The molecule has 1 fully saturated rings. The third-order valence-corrected chi connectivity index (χ3v) is 5.89. The van der Waals surface area contributed by atoms with Crippen LogP contribution in [0.1, 0.15) is 13.8 Å². The van der Waals surface area contributed by atoms with Gasteiger partial charge >= 0.3 is 0 Å². The number of sulfonamides is 1. The first-order chi connectivity index (χ1) is 8.90. The Hall–Kier alpha value is -1.27. The van der Waals surface area contributed by atoms with Crippen LogP contribution in [0.5, 0.6) is 5.75 Å². The average Bonchev–Trinajstić information content (AvgIpc) is 2.47. The van der Waals surface area contributed by atoms with E-state index in [2.05, 4.69) is 5.32 Å². The van der Waals surface area contributed by atoms with Crippen LogP contribution in [0.4, 0.5) is 5.69 Å². The molecule has 106 valence electrons. The van der Waals surface area contributed by atoms with Crippen molar-refractivity contribution in [1.82, 2.24) is 5.32 Å². The topological polar surface area (TPSA) is 58.6 Å². The van der Waals surface area contributed by atoms with Gasteiger partial charge in [0.1, 0.15) is 5.75 Å². The van der Waals surface area contributed by atoms with Crippen molar-refractivity contribution in [3.05, 3.63) is 24.3 Å². The minimum absolute atomic E-state index is 0.409. The van der Waals surface area contributed by atoms with Gasteiger partial charge in [0.25, 0.3) is 0 Å². The van der Waals surface area contributed by atoms with Gasteiger partial charge in [-0.25, -0.2) is 8.42 Å². The third-order valence-electron chi connectivity index (χ3n) is 3.38. The zero-order chi connectivity index (χ0) is 14.1. The zero-order valence-electron chi connectivity index (χ0n) is 11.5. The SMILES string of the molecule is COc1ccccc1N1CCNCC(C)(C)S1(=O)=O. The van der Waals surface area contributed by atoms with Gasteiger partial charge in [-0.1, -0.05) is 12.1 Å². The Kier molecular flexibility index (Phi) is 3.73. The Balaban J connectivity index is 2.53. The number of ether oxygens (including phenoxy) is 1. The van der Waals surface area contributed by atoms with E-state index in [0.29, 0.717) is 31.1 Å². The number of nitrogens with one attached hydrogen (secondary N) is 1. The van der Waals surface area contributed by atoms with Gasteiger partial charge in [0, 0.05) is 19.6 Å². The van der Waals surface area contributed by atoms with E-state index in [-0.39, 0.29) is 0 Å². The standard InChI is InChI=1S/C13H20N2O3S/c1-13(2)10-14-8-9-15(19(13,16)17)11-6-4-5-7-12(11)18-3/h4-7,14H,8-10H2,1-3H3. The minimum atomic E-state index is -3.43. The highest BCUT2D eigenvalue weighted by Crippen LogP contribution is 2.34. The molecular formula is C13H20N2O3S. The second-order valence-corrected chi connectivity index (χ2v) is 7.68. The Labute approximate surface area is 114 Å². The summed E-state index contributed by atoms with van der Waals surface area (Å²) in [6.45, 7) is 4.96. The lowest BCUT2D eigenvalue weighted by molar-refractivity contribution is 0.415. The van der Waals surface area contributed by atoms with Crippen LogP contribution in [-0.4, -0.2) is 39.9 Å². The van der Waals surface area contributed by atoms with Crippen molar-refractivity contribution in [2.75, 3.05) is 31.0 Å². The van der Waals surface area contributed by atoms with Gasteiger partial charge in [0.15, 0.2) is 0 Å². The fraction of sp³-hybridized carbons (Fsp3) is 0.538. The van der Waals surface area contributed by atoms with E-state index < -0.39 is 14.8 Å². The van der Waals surface area contributed by atoms with Gasteiger partial charge in [0.05, 0.1) is 17.5 Å². The van der Waals surface area contributed by atoms with Crippen LogP contribution in [0.3, 0.4) is 0 Å². The lowest BCUT2D eigenvalue weighted by atomic mass is 10.2. The quantitative estimate of drug-likeness (QED) is 0.887. The third kappa shape index (κ3) is 2.42. The van der Waals surface area contributed by atoms with Crippen molar-refractivity contribution in [3.8, 4) is 5.75 Å². The van der Waals surface area contributed by atoms with E-state index in [0.717, 1.165) is 0 Å². The van der Waals surface area contributed by atoms with Crippen molar-refractivity contribution in [1.29, 1.82) is 0 Å². The Morgan fingerprint density at radius 3 is 2.68 bits per heavy atom. The Morgan fingerprint density at radius 1 is 1.32 bits per heavy atom. The van der Waals surface area contributed by atoms with Crippen LogP contribution < -0.4 is 14.4 Å². The first-order valence-electron chi connectivity index (χ1n) is 6.26. The van der Waals surface area contributed by atoms with Crippen LogP contribution in [0.25, 0.3) is 0 Å². The zero-order valence-corrected chi connectivity index (χ0v) is 12.3. The second-order valence-electron chi connectivity index (χ2n) is 5.19. The molecule has 1 heterocycles. The molecule has 0 unspecified atom stereocenters. The molecule has 0 radical (unpaired) electrons. The van der Waals surface area contributed by atoms with Gasteiger partial charge in [0.2, 0.25) is 10.0 Å². The molecule has 0 aliphatic carbocycles. The van der Waals surface area contributed by atoms with Crippen molar-refractivity contribution >= 4 is 15.7 Å². The number of nitrogens with zero attached hydrogens (tertiary/aromatic N) is 1. The molecule has 1 aliphatic heterocycles. The van der Waals surface area contributed by atoms with E-state index >= 15 is 0 Å². The summed E-state index contributed by atoms with van der Waals surface area (Å²) in [5, 5.41) is 3.17. The maximum absolute atomic E-state index is 12.8. The smallest absolute Gasteiger partial charge is 0.241 e. The van der Waals surface area contributed by atoms with Crippen LogP contribution in [0.2, 0.25) is 0 Å². The number of hydrogen-bond donors (Lipinski definition) is 1. The summed E-state index contributed by atoms with van der Waals surface area (Å²) in [5.74, 6) is 0.573. The van der Waals surface area contributed by atoms with Crippen LogP contribution in [0, 0.1) is 0 Å². The minimum Gasteiger partial charge on any atom is -0.495 e. The first-order valence-corrected chi connectivity index (χ1v) is 7.70. The monoisotopic (exact) mass is 284 g/mol. The molecule has 1 aromatic rings. The molecule has 1 aromatic carbocycles. The predicted molar refractivity (Wildman–Crippen MR) is 76.2 cm³/mol. The van der Waals surface area contributed by atoms with Crippen LogP contribution >= 0.6 is 0 Å². The van der Waals surface area contributed by atoms with E-state index in [4.69, 9.17) is 4.74 Å². The molecule has 0 aromatic heterocycles. The Bertz CT molecular complexity index is 555. The summed E-state index contributed by atoms with van der Waals surface area (Å²) in [7, 11) is -1.88. The van der Waals surface area contributed by atoms with Gasteiger partial charge in [-0.3, -0.25) is 4.31 Å². The maximum atomic E-state index is 12.8. The summed E-state index contributed by atoms with van der Waals surface area (Å²) in [4.78, 5) is 0. The maximum Gasteiger partial charge on any atom is 0.241 e. The summed E-state index contributed by atoms with van der Waals surface area (Å²) in [5.41, 5.74) is 0.599. The lowest BCUT2D eigenvalue weighted by Gasteiger charge is -2.31. The van der Waals surface area contributed by atoms with Gasteiger partial charge in [-0.05, 0) is 26.0 Å². The van der Waals surface area contributed by atoms with Crippen LogP contribution in [-0.2, 0) is 10.0 Å². The number of hydrogen-bond acceptors (Lipinski definition) is 4. The van der Waals surface area contributed by atoms with E-state index in [1.165, 1.54) is 4.31 Å². The van der Waals surface area contributed by atoms with Gasteiger partial charge < -0.3 is 10.1 Å². The molecule has 6 heteroatoms. The van der Waals surface area contributed by atoms with Crippen molar-refractivity contribution in [2.24, 2.45) is 0 Å². The number of para-hydroxylation sites is 2. The normalized spacial score (nSPS) is 21.7. The Morgan fingerprint density at radius 2 is 2.00 bits per heavy atom. The van der Waals surface area contributed by atoms with Crippen molar-refractivity contribution < 1.29 is 13.2 Å². The largest absolute Gasteiger partial charge is 0.495 e. The second kappa shape index (κ2) is 5.02. The van der Waals surface area contributed by atoms with E-state index in [1.807, 2.05) is 12.1 Å². The summed E-state index contributed by atoms with van der Waals surface area (Å²) >= 11 is 0. The molecule has 1 saturated heterocycles. The highest BCUT2D eigenvalue weighted by atomic mass is 32.2. The first kappa shape index (κ1) is 14.1. The molecule has 0 amide bonds. The molecule has 2 rings (SSSR count). The molecule has 0 saturated carbocycles. The van der Waals surface area contributed by atoms with Crippen molar-refractivity contribution in [2.45, 2.75) is 18.6 Å². The fourth-order valence-electron chi connectivity index (χ4n) is 2.17. The summed E-state index contributed by atoms with van der Waals surface area (Å²) < 4.78 is 31.4. The highest BCUT2D eigenvalue weighted by molar-refractivity contribution is 7.94. The average molecular weight is 284 g/mol. The van der Waals surface area contributed by atoms with Crippen LogP contribution in [0.15, 0.2) is 24.3 Å². The van der Waals surface area contributed by atoms with Crippen molar-refractivity contribution in [3.63, 3.8) is 0 Å². The molecule has 5 nitrogen and oxygen atoms in total. The number of anilines is 1. The molecule has 0 bridgehead atoms. The fourth-order valence-corrected chi connectivity index (χ4v) is 3.79. The summed E-state index contributed by atoms with van der Waals surface area (Å²) in [6, 6.07) is 7.20. The number of methoxy groups -OCH3 is 1. The van der Waals surface area contributed by atoms with E-state index in [9.17, 15) is 8.42 Å². The molecule has 1 N–H and O–H groups in total. The lowest BCUT2D eigenvalue weighted by Crippen LogP contribution is -2.46.